The Kier molecular flexibility index (Phi) is 6.10. The summed E-state index contributed by atoms with van der Waals surface area (Å²) in [6, 6.07) is 8.59. The van der Waals surface area contributed by atoms with Crippen LogP contribution in [0.15, 0.2) is 24.3 Å². The van der Waals surface area contributed by atoms with E-state index in [4.69, 9.17) is 0 Å². The van der Waals surface area contributed by atoms with E-state index in [1.54, 1.807) is 0 Å². The summed E-state index contributed by atoms with van der Waals surface area (Å²) in [7, 11) is 0. The zero-order chi connectivity index (χ0) is 16.8. The van der Waals surface area contributed by atoms with Crippen LogP contribution in [0.25, 0.3) is 0 Å². The average Bonchev–Trinajstić information content (AvgIpc) is 3.09. The molecule has 1 saturated heterocycles. The molecule has 2 fully saturated rings. The molecule has 0 spiro atoms. The lowest BCUT2D eigenvalue weighted by atomic mass is 10.0. The fourth-order valence-corrected chi connectivity index (χ4v) is 3.68. The summed E-state index contributed by atoms with van der Waals surface area (Å²) in [5.41, 5.74) is 2.43. The van der Waals surface area contributed by atoms with Gasteiger partial charge in [0.1, 0.15) is 0 Å². The maximum absolute atomic E-state index is 12.0. The van der Waals surface area contributed by atoms with Crippen molar-refractivity contribution >= 4 is 6.03 Å². The topological polar surface area (TPSA) is 64.6 Å². The molecular formula is C19H29N3O2. The summed E-state index contributed by atoms with van der Waals surface area (Å²) in [5.74, 6) is 0. The molecule has 1 saturated carbocycles. The van der Waals surface area contributed by atoms with Gasteiger partial charge in [0, 0.05) is 32.2 Å². The van der Waals surface area contributed by atoms with Gasteiger partial charge in [-0.25, -0.2) is 4.79 Å². The van der Waals surface area contributed by atoms with E-state index in [-0.39, 0.29) is 12.1 Å². The van der Waals surface area contributed by atoms with E-state index in [1.807, 2.05) is 6.07 Å². The highest BCUT2D eigenvalue weighted by Gasteiger charge is 2.19. The van der Waals surface area contributed by atoms with Gasteiger partial charge < -0.3 is 15.7 Å². The molecule has 132 valence electrons. The molecule has 24 heavy (non-hydrogen) atoms. The van der Waals surface area contributed by atoms with Crippen LogP contribution < -0.4 is 10.6 Å². The first-order valence-corrected chi connectivity index (χ1v) is 9.22. The predicted molar refractivity (Wildman–Crippen MR) is 94.6 cm³/mol. The lowest BCUT2D eigenvalue weighted by molar-refractivity contribution is 0.0791. The Morgan fingerprint density at radius 2 is 1.75 bits per heavy atom. The smallest absolute Gasteiger partial charge is 0.315 e. The van der Waals surface area contributed by atoms with E-state index >= 15 is 0 Å². The van der Waals surface area contributed by atoms with Crippen LogP contribution in [0.2, 0.25) is 0 Å². The number of likely N-dealkylation sites (tertiary alicyclic amines) is 1. The van der Waals surface area contributed by atoms with Gasteiger partial charge in [-0.2, -0.15) is 0 Å². The van der Waals surface area contributed by atoms with Gasteiger partial charge in [0.05, 0.1) is 6.10 Å². The second-order valence-corrected chi connectivity index (χ2v) is 7.08. The third kappa shape index (κ3) is 4.95. The molecule has 0 atom stereocenters. The Hall–Kier alpha value is -1.59. The number of hydrogen-bond acceptors (Lipinski definition) is 3. The van der Waals surface area contributed by atoms with Gasteiger partial charge >= 0.3 is 6.03 Å². The first kappa shape index (κ1) is 17.2. The number of aliphatic hydroxyl groups excluding tert-OH is 1. The highest BCUT2D eigenvalue weighted by Crippen LogP contribution is 2.18. The second kappa shape index (κ2) is 8.49. The number of nitrogens with one attached hydrogen (secondary N) is 2. The molecule has 1 aliphatic heterocycles. The van der Waals surface area contributed by atoms with Crippen LogP contribution in [0.4, 0.5) is 4.79 Å². The molecule has 2 amide bonds. The SMILES string of the molecule is O=C(NCc1ccccc1CN1CCC(O)CC1)NC1CCCC1. The minimum atomic E-state index is -0.141. The summed E-state index contributed by atoms with van der Waals surface area (Å²) < 4.78 is 0. The summed E-state index contributed by atoms with van der Waals surface area (Å²) in [5, 5.41) is 15.7. The Bertz CT molecular complexity index is 535. The minimum absolute atomic E-state index is 0.0576. The predicted octanol–water partition coefficient (Wildman–Crippen LogP) is 2.39. The van der Waals surface area contributed by atoms with Crippen molar-refractivity contribution in [1.82, 2.24) is 15.5 Å². The Morgan fingerprint density at radius 1 is 1.08 bits per heavy atom. The quantitative estimate of drug-likeness (QED) is 0.776. The van der Waals surface area contributed by atoms with Gasteiger partial charge in [-0.15, -0.1) is 0 Å². The second-order valence-electron chi connectivity index (χ2n) is 7.08. The van der Waals surface area contributed by atoms with Crippen molar-refractivity contribution in [2.45, 2.75) is 63.8 Å². The number of benzene rings is 1. The van der Waals surface area contributed by atoms with Crippen LogP contribution in [0, 0.1) is 0 Å². The van der Waals surface area contributed by atoms with Crippen molar-refractivity contribution in [2.75, 3.05) is 13.1 Å². The molecule has 5 nitrogen and oxygen atoms in total. The van der Waals surface area contributed by atoms with Gasteiger partial charge in [-0.3, -0.25) is 4.90 Å². The van der Waals surface area contributed by atoms with E-state index in [2.05, 4.69) is 33.7 Å². The molecule has 2 aliphatic rings. The zero-order valence-electron chi connectivity index (χ0n) is 14.3. The molecule has 0 bridgehead atoms. The van der Waals surface area contributed by atoms with E-state index in [0.717, 1.165) is 45.3 Å². The highest BCUT2D eigenvalue weighted by molar-refractivity contribution is 5.74. The van der Waals surface area contributed by atoms with Crippen molar-refractivity contribution in [3.63, 3.8) is 0 Å². The van der Waals surface area contributed by atoms with Gasteiger partial charge in [-0.1, -0.05) is 37.1 Å². The lowest BCUT2D eigenvalue weighted by Gasteiger charge is -2.30. The Morgan fingerprint density at radius 3 is 2.46 bits per heavy atom. The number of nitrogens with zero attached hydrogens (tertiary/aromatic N) is 1. The van der Waals surface area contributed by atoms with Crippen LogP contribution in [-0.2, 0) is 13.1 Å². The van der Waals surface area contributed by atoms with Crippen molar-refractivity contribution in [2.24, 2.45) is 0 Å². The van der Waals surface area contributed by atoms with E-state index in [9.17, 15) is 9.90 Å². The van der Waals surface area contributed by atoms with Crippen LogP contribution >= 0.6 is 0 Å². The molecular weight excluding hydrogens is 302 g/mol. The fraction of sp³-hybridized carbons (Fsp3) is 0.632. The average molecular weight is 331 g/mol. The molecule has 3 rings (SSSR count). The monoisotopic (exact) mass is 331 g/mol. The summed E-state index contributed by atoms with van der Waals surface area (Å²) in [4.78, 5) is 14.4. The zero-order valence-corrected chi connectivity index (χ0v) is 14.3. The Balaban J connectivity index is 1.50. The highest BCUT2D eigenvalue weighted by atomic mass is 16.3. The molecule has 1 aromatic carbocycles. The van der Waals surface area contributed by atoms with Crippen LogP contribution in [0.5, 0.6) is 0 Å². The summed E-state index contributed by atoms with van der Waals surface area (Å²) in [6.45, 7) is 3.32. The number of piperidine rings is 1. The fourth-order valence-electron chi connectivity index (χ4n) is 3.68. The standard InChI is InChI=1S/C19H29N3O2/c23-18-9-11-22(12-10-18)14-16-6-2-1-5-15(16)13-20-19(24)21-17-7-3-4-8-17/h1-2,5-6,17-18,23H,3-4,7-14H2,(H2,20,21,24). The van der Waals surface area contributed by atoms with Crippen molar-refractivity contribution in [3.8, 4) is 0 Å². The lowest BCUT2D eigenvalue weighted by Crippen LogP contribution is -2.40. The van der Waals surface area contributed by atoms with E-state index in [0.29, 0.717) is 12.6 Å². The Labute approximate surface area is 144 Å². The number of urea groups is 1. The third-order valence-electron chi connectivity index (χ3n) is 5.20. The summed E-state index contributed by atoms with van der Waals surface area (Å²) in [6.07, 6.45) is 6.21. The number of carbonyl (C=O) groups is 1. The first-order valence-electron chi connectivity index (χ1n) is 9.22. The van der Waals surface area contributed by atoms with Crippen LogP contribution in [-0.4, -0.2) is 41.3 Å². The molecule has 0 unspecified atom stereocenters. The number of carbonyl (C=O) groups excluding carboxylic acids is 1. The summed E-state index contributed by atoms with van der Waals surface area (Å²) >= 11 is 0. The molecule has 3 N–H and O–H groups in total. The number of aliphatic hydroxyl groups is 1. The normalized spacial score (nSPS) is 20.2. The van der Waals surface area contributed by atoms with E-state index < -0.39 is 0 Å². The van der Waals surface area contributed by atoms with Crippen LogP contribution in [0.3, 0.4) is 0 Å². The molecule has 1 heterocycles. The third-order valence-corrected chi connectivity index (χ3v) is 5.20. The largest absolute Gasteiger partial charge is 0.393 e. The van der Waals surface area contributed by atoms with Gasteiger partial charge in [0.25, 0.3) is 0 Å². The molecule has 5 heteroatoms. The van der Waals surface area contributed by atoms with Gasteiger partial charge in [0.15, 0.2) is 0 Å². The van der Waals surface area contributed by atoms with Gasteiger partial charge in [-0.05, 0) is 36.8 Å². The van der Waals surface area contributed by atoms with Crippen LogP contribution in [0.1, 0.15) is 49.7 Å². The molecule has 1 aromatic rings. The van der Waals surface area contributed by atoms with Crippen molar-refractivity contribution in [1.29, 1.82) is 0 Å². The van der Waals surface area contributed by atoms with Crippen molar-refractivity contribution < 1.29 is 9.90 Å². The van der Waals surface area contributed by atoms with Gasteiger partial charge in [0.2, 0.25) is 0 Å². The molecule has 0 aromatic heterocycles. The maximum Gasteiger partial charge on any atom is 0.315 e. The van der Waals surface area contributed by atoms with Crippen molar-refractivity contribution in [3.05, 3.63) is 35.4 Å². The molecule has 1 aliphatic carbocycles. The molecule has 0 radical (unpaired) electrons. The number of rotatable bonds is 5. The maximum atomic E-state index is 12.0. The number of amides is 2. The number of hydrogen-bond donors (Lipinski definition) is 3. The van der Waals surface area contributed by atoms with E-state index in [1.165, 1.54) is 24.0 Å². The first-order chi connectivity index (χ1) is 11.7. The minimum Gasteiger partial charge on any atom is -0.393 e.